The molecule has 1 atom stereocenters. The van der Waals surface area contributed by atoms with Crippen LogP contribution in [0.2, 0.25) is 10.0 Å². The van der Waals surface area contributed by atoms with Gasteiger partial charge in [-0.25, -0.2) is 0 Å². The first-order chi connectivity index (χ1) is 9.88. The fraction of sp³-hybridized carbons (Fsp3) is 0.333. The molecule has 0 bridgehead atoms. The van der Waals surface area contributed by atoms with Gasteiger partial charge in [0, 0.05) is 18.5 Å². The second kappa shape index (κ2) is 6.50. The van der Waals surface area contributed by atoms with Crippen molar-refractivity contribution in [2.24, 2.45) is 13.0 Å². The maximum absolute atomic E-state index is 11.5. The summed E-state index contributed by atoms with van der Waals surface area (Å²) in [5.41, 5.74) is 2.39. The van der Waals surface area contributed by atoms with Crippen molar-refractivity contribution in [2.75, 3.05) is 0 Å². The minimum atomic E-state index is -0.847. The average Bonchev–Trinajstić information content (AvgIpc) is 2.66. The summed E-state index contributed by atoms with van der Waals surface area (Å²) in [5, 5.41) is 14.8. The molecule has 1 N–H and O–H groups in total. The van der Waals surface area contributed by atoms with Gasteiger partial charge >= 0.3 is 5.97 Å². The predicted octanol–water partition coefficient (Wildman–Crippen LogP) is 3.52. The van der Waals surface area contributed by atoms with Gasteiger partial charge in [0.15, 0.2) is 0 Å². The summed E-state index contributed by atoms with van der Waals surface area (Å²) in [6.45, 7) is 1.81. The molecule has 1 unspecified atom stereocenters. The standard InChI is InChI=1S/C15H16Cl2N2O2/c1-9-14(17)13(19(2)18-9)8-11(15(20)21)7-10-3-5-12(16)6-4-10/h3-6,11H,7-8H2,1-2H3,(H,20,21). The van der Waals surface area contributed by atoms with Crippen LogP contribution in [0.4, 0.5) is 0 Å². The molecule has 0 saturated carbocycles. The highest BCUT2D eigenvalue weighted by Gasteiger charge is 2.23. The molecule has 1 aromatic heterocycles. The number of carbonyl (C=O) groups is 1. The van der Waals surface area contributed by atoms with Crippen LogP contribution in [0.25, 0.3) is 0 Å². The van der Waals surface area contributed by atoms with E-state index in [9.17, 15) is 9.90 Å². The third-order valence-corrected chi connectivity index (χ3v) is 4.19. The zero-order valence-corrected chi connectivity index (χ0v) is 13.3. The Morgan fingerprint density at radius 2 is 1.90 bits per heavy atom. The molecule has 0 aliphatic rings. The minimum absolute atomic E-state index is 0.341. The largest absolute Gasteiger partial charge is 0.481 e. The van der Waals surface area contributed by atoms with Gasteiger partial charge in [-0.1, -0.05) is 35.3 Å². The molecular weight excluding hydrogens is 311 g/mol. The van der Waals surface area contributed by atoms with E-state index in [0.717, 1.165) is 11.3 Å². The summed E-state index contributed by atoms with van der Waals surface area (Å²) in [7, 11) is 1.77. The van der Waals surface area contributed by atoms with E-state index in [4.69, 9.17) is 23.2 Å². The molecule has 0 spiro atoms. The number of rotatable bonds is 5. The summed E-state index contributed by atoms with van der Waals surface area (Å²) in [4.78, 5) is 11.5. The van der Waals surface area contributed by atoms with Crippen LogP contribution in [-0.4, -0.2) is 20.9 Å². The first-order valence-corrected chi connectivity index (χ1v) is 7.29. The van der Waals surface area contributed by atoms with Gasteiger partial charge < -0.3 is 5.11 Å². The summed E-state index contributed by atoms with van der Waals surface area (Å²) in [5.74, 6) is -1.40. The Kier molecular flexibility index (Phi) is 4.91. The number of benzene rings is 1. The van der Waals surface area contributed by atoms with Crippen molar-refractivity contribution in [3.8, 4) is 0 Å². The van der Waals surface area contributed by atoms with E-state index in [2.05, 4.69) is 5.10 Å². The highest BCUT2D eigenvalue weighted by molar-refractivity contribution is 6.31. The van der Waals surface area contributed by atoms with Gasteiger partial charge in [0.1, 0.15) is 0 Å². The van der Waals surface area contributed by atoms with Crippen molar-refractivity contribution in [2.45, 2.75) is 19.8 Å². The van der Waals surface area contributed by atoms with Gasteiger partial charge in [-0.15, -0.1) is 0 Å². The van der Waals surface area contributed by atoms with Gasteiger partial charge in [0.2, 0.25) is 0 Å². The predicted molar refractivity (Wildman–Crippen MR) is 82.9 cm³/mol. The first-order valence-electron chi connectivity index (χ1n) is 6.53. The Labute approximate surface area is 133 Å². The quantitative estimate of drug-likeness (QED) is 0.914. The van der Waals surface area contributed by atoms with Crippen molar-refractivity contribution in [1.82, 2.24) is 9.78 Å². The molecule has 0 fully saturated rings. The van der Waals surface area contributed by atoms with Crippen molar-refractivity contribution >= 4 is 29.2 Å². The highest BCUT2D eigenvalue weighted by Crippen LogP contribution is 2.24. The van der Waals surface area contributed by atoms with Crippen LogP contribution in [0.1, 0.15) is 17.0 Å². The molecule has 2 aromatic rings. The molecule has 2 rings (SSSR count). The zero-order chi connectivity index (χ0) is 15.6. The van der Waals surface area contributed by atoms with E-state index in [-0.39, 0.29) is 0 Å². The van der Waals surface area contributed by atoms with Crippen molar-refractivity contribution in [3.63, 3.8) is 0 Å². The lowest BCUT2D eigenvalue weighted by Gasteiger charge is -2.13. The summed E-state index contributed by atoms with van der Waals surface area (Å²) in [6, 6.07) is 7.21. The van der Waals surface area contributed by atoms with Gasteiger partial charge in [0.05, 0.1) is 22.3 Å². The highest BCUT2D eigenvalue weighted by atomic mass is 35.5. The fourth-order valence-corrected chi connectivity index (χ4v) is 2.65. The molecule has 6 heteroatoms. The molecule has 0 saturated heterocycles. The number of hydrogen-bond donors (Lipinski definition) is 1. The van der Waals surface area contributed by atoms with Crippen LogP contribution in [0.5, 0.6) is 0 Å². The Morgan fingerprint density at radius 1 is 1.29 bits per heavy atom. The monoisotopic (exact) mass is 326 g/mol. The second-order valence-corrected chi connectivity index (χ2v) is 5.85. The normalized spacial score (nSPS) is 12.4. The molecule has 0 aliphatic heterocycles. The third kappa shape index (κ3) is 3.77. The summed E-state index contributed by atoms with van der Waals surface area (Å²) < 4.78 is 1.65. The zero-order valence-electron chi connectivity index (χ0n) is 11.8. The lowest BCUT2D eigenvalue weighted by atomic mass is 9.94. The third-order valence-electron chi connectivity index (χ3n) is 3.45. The first kappa shape index (κ1) is 15.9. The smallest absolute Gasteiger partial charge is 0.307 e. The number of aromatic nitrogens is 2. The molecular formula is C15H16Cl2N2O2. The topological polar surface area (TPSA) is 55.1 Å². The molecule has 1 aromatic carbocycles. The van der Waals surface area contributed by atoms with E-state index < -0.39 is 11.9 Å². The second-order valence-electron chi connectivity index (χ2n) is 5.04. The number of nitrogens with zero attached hydrogens (tertiary/aromatic N) is 2. The Bertz CT molecular complexity index is 650. The van der Waals surface area contributed by atoms with Crippen LogP contribution in [0.3, 0.4) is 0 Å². The maximum atomic E-state index is 11.5. The number of carboxylic acids is 1. The molecule has 0 radical (unpaired) electrons. The van der Waals surface area contributed by atoms with E-state index in [1.807, 2.05) is 12.1 Å². The van der Waals surface area contributed by atoms with Gasteiger partial charge in [-0.2, -0.15) is 5.10 Å². The van der Waals surface area contributed by atoms with Crippen molar-refractivity contribution in [3.05, 3.63) is 51.3 Å². The lowest BCUT2D eigenvalue weighted by molar-refractivity contribution is -0.141. The van der Waals surface area contributed by atoms with Gasteiger partial charge in [-0.05, 0) is 31.0 Å². The van der Waals surface area contributed by atoms with Crippen molar-refractivity contribution in [1.29, 1.82) is 0 Å². The van der Waals surface area contributed by atoms with Crippen LogP contribution >= 0.6 is 23.2 Å². The van der Waals surface area contributed by atoms with Gasteiger partial charge in [-0.3, -0.25) is 9.48 Å². The number of halogens is 2. The lowest BCUT2D eigenvalue weighted by Crippen LogP contribution is -2.20. The van der Waals surface area contributed by atoms with Gasteiger partial charge in [0.25, 0.3) is 0 Å². The molecule has 21 heavy (non-hydrogen) atoms. The molecule has 0 amide bonds. The average molecular weight is 327 g/mol. The molecule has 112 valence electrons. The Hall–Kier alpha value is -1.52. The molecule has 1 heterocycles. The molecule has 0 aliphatic carbocycles. The van der Waals surface area contributed by atoms with E-state index in [1.54, 1.807) is 30.8 Å². The SMILES string of the molecule is Cc1nn(C)c(CC(Cc2ccc(Cl)cc2)C(=O)O)c1Cl. The minimum Gasteiger partial charge on any atom is -0.481 e. The van der Waals surface area contributed by atoms with Crippen LogP contribution < -0.4 is 0 Å². The molecule has 4 nitrogen and oxygen atoms in total. The van der Waals surface area contributed by atoms with Crippen LogP contribution in [0, 0.1) is 12.8 Å². The maximum Gasteiger partial charge on any atom is 0.307 e. The summed E-state index contributed by atoms with van der Waals surface area (Å²) in [6.07, 6.45) is 0.765. The summed E-state index contributed by atoms with van der Waals surface area (Å²) >= 11 is 12.0. The fourth-order valence-electron chi connectivity index (χ4n) is 2.29. The number of aryl methyl sites for hydroxylation is 2. The van der Waals surface area contributed by atoms with E-state index in [0.29, 0.717) is 28.6 Å². The number of hydrogen-bond acceptors (Lipinski definition) is 2. The Morgan fingerprint density at radius 3 is 2.38 bits per heavy atom. The van der Waals surface area contributed by atoms with E-state index >= 15 is 0 Å². The van der Waals surface area contributed by atoms with E-state index in [1.165, 1.54) is 0 Å². The number of carboxylic acid groups (broad SMARTS) is 1. The Balaban J connectivity index is 2.20. The van der Waals surface area contributed by atoms with Crippen LogP contribution in [-0.2, 0) is 24.7 Å². The number of aliphatic carboxylic acids is 1. The van der Waals surface area contributed by atoms with Crippen molar-refractivity contribution < 1.29 is 9.90 Å². The van der Waals surface area contributed by atoms with Crippen LogP contribution in [0.15, 0.2) is 24.3 Å².